The molecule has 2 aromatic carbocycles. The number of hydrogen-bond acceptors (Lipinski definition) is 5. The van der Waals surface area contributed by atoms with Gasteiger partial charge in [-0.3, -0.25) is 14.5 Å². The Morgan fingerprint density at radius 1 is 1.15 bits per heavy atom. The van der Waals surface area contributed by atoms with Crippen LogP contribution < -0.4 is 10.6 Å². The molecule has 0 unspecified atom stereocenters. The molecule has 0 radical (unpaired) electrons. The lowest BCUT2D eigenvalue weighted by Crippen LogP contribution is -2.47. The topological polar surface area (TPSA) is 97.0 Å². The molecule has 3 amide bonds. The highest BCUT2D eigenvalue weighted by atomic mass is 16.6. The summed E-state index contributed by atoms with van der Waals surface area (Å²) in [5.74, 6) is -0.408. The Bertz CT molecular complexity index is 1030. The van der Waals surface area contributed by atoms with Crippen molar-refractivity contribution in [2.75, 3.05) is 18.5 Å². The van der Waals surface area contributed by atoms with Crippen molar-refractivity contribution < 1.29 is 23.9 Å². The number of aryl methyl sites for hydroxylation is 1. The van der Waals surface area contributed by atoms with E-state index in [-0.39, 0.29) is 24.5 Å². The standard InChI is InChI=1S/C26H31N3O5/c1-3-22(30)28-20-7-4-6-19(14-20)24-23(25(31)27-15-21-8-5-13-33-21)29(26(32)34-24)16-18-11-9-17(2)10-12-18/h4,6-7,9-12,14,21,23-24H,3,5,8,13,15-16H2,1-2H3,(H,27,31)(H,28,30)/t21-,23-,24-/m0/s1. The summed E-state index contributed by atoms with van der Waals surface area (Å²) in [4.78, 5) is 39.6. The van der Waals surface area contributed by atoms with Crippen LogP contribution in [0.2, 0.25) is 0 Å². The lowest BCUT2D eigenvalue weighted by atomic mass is 10.00. The molecule has 0 spiro atoms. The zero-order chi connectivity index (χ0) is 24.1. The highest BCUT2D eigenvalue weighted by Crippen LogP contribution is 2.35. The molecule has 2 aliphatic rings. The number of benzene rings is 2. The van der Waals surface area contributed by atoms with E-state index in [2.05, 4.69) is 10.6 Å². The number of hydrogen-bond donors (Lipinski definition) is 2. The Morgan fingerprint density at radius 2 is 1.94 bits per heavy atom. The maximum Gasteiger partial charge on any atom is 0.411 e. The third-order valence-electron chi connectivity index (χ3n) is 6.17. The second-order valence-corrected chi connectivity index (χ2v) is 8.77. The Labute approximate surface area is 199 Å². The number of carbonyl (C=O) groups is 3. The third-order valence-corrected chi connectivity index (χ3v) is 6.17. The van der Waals surface area contributed by atoms with Gasteiger partial charge in [-0.2, -0.15) is 0 Å². The molecule has 2 fully saturated rings. The monoisotopic (exact) mass is 465 g/mol. The van der Waals surface area contributed by atoms with Crippen molar-refractivity contribution in [1.82, 2.24) is 10.2 Å². The largest absolute Gasteiger partial charge is 0.438 e. The average molecular weight is 466 g/mol. The summed E-state index contributed by atoms with van der Waals surface area (Å²) >= 11 is 0. The zero-order valence-corrected chi connectivity index (χ0v) is 19.6. The van der Waals surface area contributed by atoms with Gasteiger partial charge in [-0.1, -0.05) is 48.9 Å². The minimum atomic E-state index is -0.854. The van der Waals surface area contributed by atoms with E-state index in [0.29, 0.717) is 30.8 Å². The molecule has 2 heterocycles. The van der Waals surface area contributed by atoms with Crippen LogP contribution in [0.15, 0.2) is 48.5 Å². The summed E-state index contributed by atoms with van der Waals surface area (Å²) in [6, 6.07) is 14.1. The van der Waals surface area contributed by atoms with E-state index in [4.69, 9.17) is 9.47 Å². The minimum absolute atomic E-state index is 0.0152. The number of nitrogens with one attached hydrogen (secondary N) is 2. The first-order valence-electron chi connectivity index (χ1n) is 11.8. The van der Waals surface area contributed by atoms with Crippen molar-refractivity contribution in [2.24, 2.45) is 0 Å². The normalized spacial score (nSPS) is 21.9. The van der Waals surface area contributed by atoms with Gasteiger partial charge < -0.3 is 20.1 Å². The number of anilines is 1. The van der Waals surface area contributed by atoms with Crippen LogP contribution >= 0.6 is 0 Å². The van der Waals surface area contributed by atoms with Gasteiger partial charge in [0.15, 0.2) is 12.1 Å². The highest BCUT2D eigenvalue weighted by molar-refractivity contribution is 5.91. The lowest BCUT2D eigenvalue weighted by molar-refractivity contribution is -0.127. The van der Waals surface area contributed by atoms with E-state index < -0.39 is 18.2 Å². The van der Waals surface area contributed by atoms with Gasteiger partial charge in [0.2, 0.25) is 11.8 Å². The molecule has 0 bridgehead atoms. The molecule has 180 valence electrons. The molecule has 2 N–H and O–H groups in total. The molecular formula is C26H31N3O5. The van der Waals surface area contributed by atoms with Crippen molar-refractivity contribution in [3.8, 4) is 0 Å². The smallest absolute Gasteiger partial charge is 0.411 e. The Balaban J connectivity index is 1.59. The van der Waals surface area contributed by atoms with Crippen molar-refractivity contribution >= 4 is 23.6 Å². The predicted molar refractivity (Wildman–Crippen MR) is 127 cm³/mol. The minimum Gasteiger partial charge on any atom is -0.438 e. The van der Waals surface area contributed by atoms with Crippen molar-refractivity contribution in [3.05, 3.63) is 65.2 Å². The van der Waals surface area contributed by atoms with Crippen LogP contribution in [0, 0.1) is 6.92 Å². The van der Waals surface area contributed by atoms with E-state index in [1.165, 1.54) is 4.90 Å². The first kappa shape index (κ1) is 23.8. The summed E-state index contributed by atoms with van der Waals surface area (Å²) in [6.07, 6.45) is 0.853. The van der Waals surface area contributed by atoms with Crippen LogP contribution in [0.5, 0.6) is 0 Å². The van der Waals surface area contributed by atoms with Crippen LogP contribution in [0.3, 0.4) is 0 Å². The van der Waals surface area contributed by atoms with Gasteiger partial charge in [-0.05, 0) is 43.0 Å². The maximum atomic E-state index is 13.4. The molecule has 0 aliphatic carbocycles. The summed E-state index contributed by atoms with van der Waals surface area (Å²) in [5.41, 5.74) is 3.26. The van der Waals surface area contributed by atoms with E-state index in [1.807, 2.05) is 31.2 Å². The highest BCUT2D eigenvalue weighted by Gasteiger charge is 2.47. The van der Waals surface area contributed by atoms with Gasteiger partial charge >= 0.3 is 6.09 Å². The molecule has 2 aromatic rings. The number of ether oxygens (including phenoxy) is 2. The molecule has 2 saturated heterocycles. The van der Waals surface area contributed by atoms with Gasteiger partial charge in [0, 0.05) is 25.3 Å². The molecule has 34 heavy (non-hydrogen) atoms. The average Bonchev–Trinajstić information content (AvgIpc) is 3.47. The summed E-state index contributed by atoms with van der Waals surface area (Å²) in [6.45, 7) is 5.11. The van der Waals surface area contributed by atoms with E-state index >= 15 is 0 Å². The summed E-state index contributed by atoms with van der Waals surface area (Å²) < 4.78 is 11.4. The lowest BCUT2D eigenvalue weighted by Gasteiger charge is -2.25. The number of carbonyl (C=O) groups excluding carboxylic acids is 3. The third kappa shape index (κ3) is 5.56. The summed E-state index contributed by atoms with van der Waals surface area (Å²) in [7, 11) is 0. The molecule has 0 saturated carbocycles. The number of nitrogens with zero attached hydrogens (tertiary/aromatic N) is 1. The van der Waals surface area contributed by atoms with Crippen LogP contribution in [-0.4, -0.2) is 48.1 Å². The quantitative estimate of drug-likeness (QED) is 0.620. The fraction of sp³-hybridized carbons (Fsp3) is 0.423. The molecule has 0 aromatic heterocycles. The summed E-state index contributed by atoms with van der Waals surface area (Å²) in [5, 5.41) is 5.78. The fourth-order valence-electron chi connectivity index (χ4n) is 4.27. The van der Waals surface area contributed by atoms with E-state index in [1.54, 1.807) is 31.2 Å². The SMILES string of the molecule is CCC(=O)Nc1cccc([C@@H]2OC(=O)N(Cc3ccc(C)cc3)[C@@H]2C(=O)NC[C@@H]2CCCO2)c1. The predicted octanol–water partition coefficient (Wildman–Crippen LogP) is 3.70. The molecule has 2 aliphatic heterocycles. The van der Waals surface area contributed by atoms with Crippen molar-refractivity contribution in [3.63, 3.8) is 0 Å². The zero-order valence-electron chi connectivity index (χ0n) is 19.6. The van der Waals surface area contributed by atoms with Crippen LogP contribution in [-0.2, 0) is 25.6 Å². The number of amides is 3. The molecule has 8 nitrogen and oxygen atoms in total. The molecule has 3 atom stereocenters. The maximum absolute atomic E-state index is 13.4. The van der Waals surface area contributed by atoms with Gasteiger partial charge in [0.1, 0.15) is 0 Å². The van der Waals surface area contributed by atoms with Gasteiger partial charge in [-0.25, -0.2) is 4.79 Å². The number of cyclic esters (lactones) is 1. The van der Waals surface area contributed by atoms with Crippen molar-refractivity contribution in [2.45, 2.75) is 57.9 Å². The fourth-order valence-corrected chi connectivity index (χ4v) is 4.27. The second-order valence-electron chi connectivity index (χ2n) is 8.77. The molecule has 4 rings (SSSR count). The van der Waals surface area contributed by atoms with Gasteiger partial charge in [0.05, 0.1) is 12.6 Å². The van der Waals surface area contributed by atoms with Crippen LogP contribution in [0.1, 0.15) is 49.0 Å². The number of rotatable bonds is 8. The first-order chi connectivity index (χ1) is 16.4. The molecular weight excluding hydrogens is 434 g/mol. The van der Waals surface area contributed by atoms with E-state index in [9.17, 15) is 14.4 Å². The Morgan fingerprint density at radius 3 is 2.65 bits per heavy atom. The van der Waals surface area contributed by atoms with Crippen molar-refractivity contribution in [1.29, 1.82) is 0 Å². The second kappa shape index (κ2) is 10.7. The van der Waals surface area contributed by atoms with Gasteiger partial charge in [-0.15, -0.1) is 0 Å². The van der Waals surface area contributed by atoms with Crippen LogP contribution in [0.25, 0.3) is 0 Å². The van der Waals surface area contributed by atoms with E-state index in [0.717, 1.165) is 24.0 Å². The Hall–Kier alpha value is -3.39. The van der Waals surface area contributed by atoms with Crippen LogP contribution in [0.4, 0.5) is 10.5 Å². The Kier molecular flexibility index (Phi) is 7.47. The molecule has 8 heteroatoms. The first-order valence-corrected chi connectivity index (χ1v) is 11.8. The van der Waals surface area contributed by atoms with Gasteiger partial charge in [0.25, 0.3) is 0 Å².